The van der Waals surface area contributed by atoms with Crippen LogP contribution in [0.3, 0.4) is 0 Å². The summed E-state index contributed by atoms with van der Waals surface area (Å²) < 4.78 is 5.41. The van der Waals surface area contributed by atoms with Gasteiger partial charge in [-0.1, -0.05) is 94.8 Å². The predicted octanol–water partition coefficient (Wildman–Crippen LogP) is 3.74. The molecule has 11 nitrogen and oxygen atoms in total. The molecule has 0 spiro atoms. The number of carbonyl (C=O) groups excluding carboxylic acids is 5. The SMILES string of the molecule is CC(C)C[C@H](NC(=O)[C@H](CCc1ccccc1)NC(=O)CN1CCCCC1)C(=O)N[C@@H](Cc1ccccc1)C(=O)N[C@@H](CC(C)C)C(=O)[C@@]1(C)CO1. The number of piperidine rings is 1. The number of carbonyl (C=O) groups is 5. The molecule has 0 aromatic heterocycles. The molecule has 4 rings (SSSR count). The van der Waals surface area contributed by atoms with Gasteiger partial charge in [-0.3, -0.25) is 28.9 Å². The zero-order valence-corrected chi connectivity index (χ0v) is 31.6. The summed E-state index contributed by atoms with van der Waals surface area (Å²) in [5.74, 6) is -1.71. The van der Waals surface area contributed by atoms with E-state index in [1.54, 1.807) is 6.92 Å². The van der Waals surface area contributed by atoms with Crippen molar-refractivity contribution in [2.75, 3.05) is 26.2 Å². The third-order valence-electron chi connectivity index (χ3n) is 9.73. The van der Waals surface area contributed by atoms with Crippen LogP contribution >= 0.6 is 0 Å². The third kappa shape index (κ3) is 13.2. The van der Waals surface area contributed by atoms with Crippen LogP contribution in [0.2, 0.25) is 0 Å². The van der Waals surface area contributed by atoms with Gasteiger partial charge in [0.2, 0.25) is 23.6 Å². The van der Waals surface area contributed by atoms with Crippen LogP contribution in [-0.4, -0.2) is 90.3 Å². The number of hydrogen-bond acceptors (Lipinski definition) is 7. The Morgan fingerprint density at radius 1 is 0.673 bits per heavy atom. The summed E-state index contributed by atoms with van der Waals surface area (Å²) in [6.45, 7) is 11.8. The first-order valence-corrected chi connectivity index (χ1v) is 19.0. The van der Waals surface area contributed by atoms with Crippen molar-refractivity contribution >= 4 is 29.4 Å². The average Bonchev–Trinajstić information content (AvgIpc) is 3.87. The zero-order chi connectivity index (χ0) is 37.7. The maximum Gasteiger partial charge on any atom is 0.243 e. The molecule has 11 heteroatoms. The minimum absolute atomic E-state index is 0.0289. The molecule has 52 heavy (non-hydrogen) atoms. The number of benzene rings is 2. The van der Waals surface area contributed by atoms with Gasteiger partial charge in [-0.05, 0) is 81.5 Å². The van der Waals surface area contributed by atoms with Gasteiger partial charge in [-0.15, -0.1) is 0 Å². The second kappa shape index (κ2) is 19.7. The minimum atomic E-state index is -1.02. The number of nitrogens with zero attached hydrogens (tertiary/aromatic N) is 1. The Morgan fingerprint density at radius 2 is 1.17 bits per heavy atom. The fourth-order valence-corrected chi connectivity index (χ4v) is 6.69. The molecule has 0 unspecified atom stereocenters. The highest BCUT2D eigenvalue weighted by molar-refractivity contribution is 5.98. The van der Waals surface area contributed by atoms with Crippen molar-refractivity contribution in [2.24, 2.45) is 11.8 Å². The number of amides is 4. The molecule has 0 saturated carbocycles. The van der Waals surface area contributed by atoms with Crippen molar-refractivity contribution in [3.05, 3.63) is 71.8 Å². The Morgan fingerprint density at radius 3 is 1.75 bits per heavy atom. The van der Waals surface area contributed by atoms with Gasteiger partial charge in [0.15, 0.2) is 5.78 Å². The first-order valence-electron chi connectivity index (χ1n) is 19.0. The Bertz CT molecular complexity index is 1470. The predicted molar refractivity (Wildman–Crippen MR) is 201 cm³/mol. The van der Waals surface area contributed by atoms with Crippen LogP contribution in [-0.2, 0) is 41.6 Å². The van der Waals surface area contributed by atoms with Crippen LogP contribution < -0.4 is 21.3 Å². The molecular weight excluding hydrogens is 658 g/mol. The van der Waals surface area contributed by atoms with Crippen LogP contribution in [0.1, 0.15) is 84.3 Å². The molecule has 0 aliphatic carbocycles. The van der Waals surface area contributed by atoms with Crippen LogP contribution in [0.25, 0.3) is 0 Å². The lowest BCUT2D eigenvalue weighted by molar-refractivity contribution is -0.135. The van der Waals surface area contributed by atoms with Crippen LogP contribution in [0.15, 0.2) is 60.7 Å². The van der Waals surface area contributed by atoms with E-state index in [0.29, 0.717) is 32.3 Å². The van der Waals surface area contributed by atoms with Gasteiger partial charge in [-0.25, -0.2) is 0 Å². The largest absolute Gasteiger partial charge is 0.361 e. The molecular formula is C41H59N5O6. The molecule has 4 N–H and O–H groups in total. The molecule has 2 aromatic carbocycles. The number of hydrogen-bond donors (Lipinski definition) is 4. The first kappa shape index (κ1) is 40.7. The van der Waals surface area contributed by atoms with E-state index in [9.17, 15) is 24.0 Å². The van der Waals surface area contributed by atoms with Crippen molar-refractivity contribution in [1.82, 2.24) is 26.2 Å². The van der Waals surface area contributed by atoms with Gasteiger partial charge < -0.3 is 26.0 Å². The van der Waals surface area contributed by atoms with Crippen LogP contribution in [0, 0.1) is 11.8 Å². The first-order chi connectivity index (χ1) is 24.8. The number of ketones is 1. The summed E-state index contributed by atoms with van der Waals surface area (Å²) in [6, 6.07) is 15.5. The van der Waals surface area contributed by atoms with E-state index in [0.717, 1.165) is 43.5 Å². The molecule has 2 fully saturated rings. The van der Waals surface area contributed by atoms with E-state index in [4.69, 9.17) is 4.74 Å². The Hall–Kier alpha value is -4.09. The van der Waals surface area contributed by atoms with Crippen LogP contribution in [0.5, 0.6) is 0 Å². The minimum Gasteiger partial charge on any atom is -0.361 e. The van der Waals surface area contributed by atoms with E-state index >= 15 is 0 Å². The topological polar surface area (TPSA) is 149 Å². The molecule has 5 atom stereocenters. The van der Waals surface area contributed by atoms with Gasteiger partial charge in [-0.2, -0.15) is 0 Å². The highest BCUT2D eigenvalue weighted by atomic mass is 16.6. The number of ether oxygens (including phenoxy) is 1. The summed E-state index contributed by atoms with van der Waals surface area (Å²) in [5.41, 5.74) is 0.945. The monoisotopic (exact) mass is 717 g/mol. The Kier molecular flexibility index (Phi) is 15.4. The van der Waals surface area contributed by atoms with Gasteiger partial charge in [0, 0.05) is 6.42 Å². The number of nitrogens with one attached hydrogen (secondary N) is 4. The summed E-state index contributed by atoms with van der Waals surface area (Å²) in [6.07, 6.45) is 5.08. The van der Waals surface area contributed by atoms with E-state index in [1.807, 2.05) is 88.4 Å². The number of rotatable bonds is 20. The normalized spacial score (nSPS) is 19.6. The van der Waals surface area contributed by atoms with E-state index in [2.05, 4.69) is 26.2 Å². The second-order valence-electron chi connectivity index (χ2n) is 15.5. The number of Topliss-reactive ketones (excluding diaryl/α,β-unsaturated/α-hetero) is 1. The molecule has 2 saturated heterocycles. The van der Waals surface area contributed by atoms with Crippen LogP contribution in [0.4, 0.5) is 0 Å². The second-order valence-corrected chi connectivity index (χ2v) is 15.5. The Balaban J connectivity index is 1.51. The van der Waals surface area contributed by atoms with Crippen molar-refractivity contribution < 1.29 is 28.7 Å². The van der Waals surface area contributed by atoms with Gasteiger partial charge in [0.1, 0.15) is 23.7 Å². The van der Waals surface area contributed by atoms with Crippen molar-refractivity contribution in [2.45, 2.75) is 116 Å². The highest BCUT2D eigenvalue weighted by Crippen LogP contribution is 2.29. The Labute approximate surface area is 309 Å². The summed E-state index contributed by atoms with van der Waals surface area (Å²) >= 11 is 0. The van der Waals surface area contributed by atoms with Crippen molar-refractivity contribution in [3.63, 3.8) is 0 Å². The fourth-order valence-electron chi connectivity index (χ4n) is 6.69. The van der Waals surface area contributed by atoms with E-state index in [1.165, 1.54) is 0 Å². The molecule has 0 radical (unpaired) electrons. The third-order valence-corrected chi connectivity index (χ3v) is 9.73. The molecule has 2 aromatic rings. The summed E-state index contributed by atoms with van der Waals surface area (Å²) in [5, 5.41) is 11.7. The lowest BCUT2D eigenvalue weighted by Crippen LogP contribution is -2.59. The quantitative estimate of drug-likeness (QED) is 0.153. The highest BCUT2D eigenvalue weighted by Gasteiger charge is 2.50. The number of epoxide rings is 1. The molecule has 284 valence electrons. The zero-order valence-electron chi connectivity index (χ0n) is 31.6. The maximum absolute atomic E-state index is 14.1. The van der Waals surface area contributed by atoms with Gasteiger partial charge in [0.05, 0.1) is 19.2 Å². The summed E-state index contributed by atoms with van der Waals surface area (Å²) in [4.78, 5) is 70.7. The lowest BCUT2D eigenvalue weighted by Gasteiger charge is -2.29. The van der Waals surface area contributed by atoms with Gasteiger partial charge >= 0.3 is 0 Å². The van der Waals surface area contributed by atoms with E-state index in [-0.39, 0.29) is 36.5 Å². The van der Waals surface area contributed by atoms with Crippen molar-refractivity contribution in [1.29, 1.82) is 0 Å². The average molecular weight is 718 g/mol. The molecule has 0 bridgehead atoms. The summed E-state index contributed by atoms with van der Waals surface area (Å²) in [7, 11) is 0. The molecule has 2 aliphatic heterocycles. The standard InChI is InChI=1S/C41H59N5O6/c1-28(2)23-33(37(48)41(5)27-52-41)43-40(51)35(25-31-17-11-7-12-18-31)45-39(50)34(24-29(3)4)44-38(49)32(20-19-30-15-9-6-10-16-30)42-36(47)26-46-21-13-8-14-22-46/h6-7,9-12,15-18,28-29,32-35H,8,13-14,19-27H2,1-5H3,(H,42,47)(H,43,51)(H,44,49)(H,45,50)/t32-,33-,34-,35-,41+/m0/s1. The fraction of sp³-hybridized carbons (Fsp3) is 0.585. The van der Waals surface area contributed by atoms with Gasteiger partial charge in [0.25, 0.3) is 0 Å². The number of likely N-dealkylation sites (tertiary alicyclic amines) is 1. The van der Waals surface area contributed by atoms with Crippen molar-refractivity contribution in [3.8, 4) is 0 Å². The number of aryl methyl sites for hydroxylation is 1. The van der Waals surface area contributed by atoms with E-state index < -0.39 is 47.5 Å². The lowest BCUT2D eigenvalue weighted by atomic mass is 9.93. The molecule has 4 amide bonds. The maximum atomic E-state index is 14.1. The molecule has 2 aliphatic rings. The smallest absolute Gasteiger partial charge is 0.243 e. The molecule has 2 heterocycles.